The molecule has 0 unspecified atom stereocenters. The van der Waals surface area contributed by atoms with Gasteiger partial charge in [-0.05, 0) is 30.3 Å². The molecule has 2 rings (SSSR count). The Hall–Kier alpha value is -2.68. The van der Waals surface area contributed by atoms with Crippen LogP contribution in [0.2, 0.25) is 0 Å². The summed E-state index contributed by atoms with van der Waals surface area (Å²) in [7, 11) is -3.52. The number of anilines is 1. The van der Waals surface area contributed by atoms with E-state index in [4.69, 9.17) is 4.42 Å². The van der Waals surface area contributed by atoms with Crippen molar-refractivity contribution in [3.8, 4) is 0 Å². The molecule has 0 saturated carbocycles. The summed E-state index contributed by atoms with van der Waals surface area (Å²) in [5, 5.41) is 4.75. The van der Waals surface area contributed by atoms with Gasteiger partial charge in [0.15, 0.2) is 15.6 Å². The quantitative estimate of drug-likeness (QED) is 0.766. The lowest BCUT2D eigenvalue weighted by molar-refractivity contribution is -0.116. The molecule has 1 heterocycles. The highest BCUT2D eigenvalue weighted by Crippen LogP contribution is 2.19. The highest BCUT2D eigenvalue weighted by molar-refractivity contribution is 7.90. The molecule has 0 atom stereocenters. The first kappa shape index (κ1) is 17.7. The molecule has 0 bridgehead atoms. The van der Waals surface area contributed by atoms with E-state index < -0.39 is 27.5 Å². The van der Waals surface area contributed by atoms with Crippen molar-refractivity contribution in [2.75, 3.05) is 18.1 Å². The molecule has 9 heteroatoms. The summed E-state index contributed by atoms with van der Waals surface area (Å²) in [6.07, 6.45) is 2.21. The van der Waals surface area contributed by atoms with Crippen molar-refractivity contribution < 1.29 is 26.8 Å². The third-order valence-electron chi connectivity index (χ3n) is 3.02. The zero-order chi connectivity index (χ0) is 17.7. The Kier molecular flexibility index (Phi) is 5.35. The molecule has 0 spiro atoms. The number of halogens is 1. The second-order valence-corrected chi connectivity index (χ2v) is 6.96. The standard InChI is InChI=1S/C15H15FN2O5S/c1-24(21,22)10-4-5-11(16)12(9-10)18-14(19)6-7-17-15(20)13-3-2-8-23-13/h2-5,8-9H,6-7H2,1H3,(H,17,20)(H,18,19). The Morgan fingerprint density at radius 3 is 2.62 bits per heavy atom. The number of rotatable bonds is 6. The van der Waals surface area contributed by atoms with E-state index in [-0.39, 0.29) is 29.3 Å². The topological polar surface area (TPSA) is 105 Å². The Labute approximate surface area is 137 Å². The van der Waals surface area contributed by atoms with E-state index in [1.54, 1.807) is 6.07 Å². The minimum absolute atomic E-state index is 0.0127. The van der Waals surface area contributed by atoms with Crippen LogP contribution < -0.4 is 10.6 Å². The molecule has 0 aliphatic heterocycles. The molecular weight excluding hydrogens is 339 g/mol. The van der Waals surface area contributed by atoms with Gasteiger partial charge >= 0.3 is 0 Å². The van der Waals surface area contributed by atoms with Gasteiger partial charge in [0.1, 0.15) is 5.82 Å². The van der Waals surface area contributed by atoms with Gasteiger partial charge in [0.25, 0.3) is 5.91 Å². The fourth-order valence-corrected chi connectivity index (χ4v) is 2.48. The normalized spacial score (nSPS) is 11.1. The van der Waals surface area contributed by atoms with Gasteiger partial charge < -0.3 is 15.1 Å². The number of hydrogen-bond acceptors (Lipinski definition) is 5. The Bertz CT molecular complexity index is 847. The smallest absolute Gasteiger partial charge is 0.286 e. The minimum atomic E-state index is -3.52. The fraction of sp³-hybridized carbons (Fsp3) is 0.200. The van der Waals surface area contributed by atoms with Gasteiger partial charge in [-0.25, -0.2) is 12.8 Å². The molecule has 0 aliphatic rings. The van der Waals surface area contributed by atoms with E-state index in [0.29, 0.717) is 0 Å². The van der Waals surface area contributed by atoms with Gasteiger partial charge in [-0.15, -0.1) is 0 Å². The van der Waals surface area contributed by atoms with Crippen molar-refractivity contribution in [2.24, 2.45) is 0 Å². The molecule has 0 aliphatic carbocycles. The number of sulfone groups is 1. The van der Waals surface area contributed by atoms with Gasteiger partial charge in [0.05, 0.1) is 16.8 Å². The lowest BCUT2D eigenvalue weighted by atomic mass is 10.3. The molecule has 24 heavy (non-hydrogen) atoms. The SMILES string of the molecule is CS(=O)(=O)c1ccc(F)c(NC(=O)CCNC(=O)c2ccco2)c1. The highest BCUT2D eigenvalue weighted by Gasteiger charge is 2.14. The van der Waals surface area contributed by atoms with Crippen molar-refractivity contribution in [3.05, 3.63) is 48.2 Å². The van der Waals surface area contributed by atoms with Crippen LogP contribution in [0.3, 0.4) is 0 Å². The van der Waals surface area contributed by atoms with Crippen LogP contribution in [0.4, 0.5) is 10.1 Å². The summed E-state index contributed by atoms with van der Waals surface area (Å²) >= 11 is 0. The molecule has 1 aromatic heterocycles. The van der Waals surface area contributed by atoms with Crippen molar-refractivity contribution in [1.29, 1.82) is 0 Å². The monoisotopic (exact) mass is 354 g/mol. The molecule has 2 amide bonds. The van der Waals surface area contributed by atoms with Gasteiger partial charge in [0.2, 0.25) is 5.91 Å². The summed E-state index contributed by atoms with van der Waals surface area (Å²) in [6.45, 7) is 0.0127. The van der Waals surface area contributed by atoms with E-state index in [1.165, 1.54) is 12.3 Å². The fourth-order valence-electron chi connectivity index (χ4n) is 1.83. The second-order valence-electron chi connectivity index (χ2n) is 4.95. The summed E-state index contributed by atoms with van der Waals surface area (Å²) < 4.78 is 41.5. The summed E-state index contributed by atoms with van der Waals surface area (Å²) in [4.78, 5) is 23.3. The number of nitrogens with one attached hydrogen (secondary N) is 2. The van der Waals surface area contributed by atoms with E-state index in [1.807, 2.05) is 0 Å². The number of amides is 2. The van der Waals surface area contributed by atoms with Gasteiger partial charge in [-0.2, -0.15) is 0 Å². The predicted octanol–water partition coefficient (Wildman–Crippen LogP) is 1.58. The average Bonchev–Trinajstić information content (AvgIpc) is 3.02. The largest absolute Gasteiger partial charge is 0.459 e. The van der Waals surface area contributed by atoms with Crippen molar-refractivity contribution in [1.82, 2.24) is 5.32 Å². The van der Waals surface area contributed by atoms with Crippen LogP contribution in [0.5, 0.6) is 0 Å². The van der Waals surface area contributed by atoms with Crippen LogP contribution in [0.25, 0.3) is 0 Å². The molecule has 2 N–H and O–H groups in total. The zero-order valence-electron chi connectivity index (χ0n) is 12.7. The molecule has 7 nitrogen and oxygen atoms in total. The van der Waals surface area contributed by atoms with Gasteiger partial charge in [-0.3, -0.25) is 9.59 Å². The molecule has 0 fully saturated rings. The summed E-state index contributed by atoms with van der Waals surface area (Å²) in [5.41, 5.74) is -0.236. The molecule has 1 aromatic carbocycles. The maximum absolute atomic E-state index is 13.7. The number of benzene rings is 1. The Morgan fingerprint density at radius 1 is 1.25 bits per heavy atom. The lowest BCUT2D eigenvalue weighted by Gasteiger charge is -2.08. The first-order chi connectivity index (χ1) is 11.3. The Balaban J connectivity index is 1.92. The number of hydrogen-bond donors (Lipinski definition) is 2. The third kappa shape index (κ3) is 4.66. The van der Waals surface area contributed by atoms with Crippen LogP contribution in [-0.2, 0) is 14.6 Å². The van der Waals surface area contributed by atoms with Crippen LogP contribution >= 0.6 is 0 Å². The first-order valence-corrected chi connectivity index (χ1v) is 8.77. The van der Waals surface area contributed by atoms with Crippen molar-refractivity contribution in [3.63, 3.8) is 0 Å². The van der Waals surface area contributed by atoms with Crippen molar-refractivity contribution >= 4 is 27.3 Å². The summed E-state index contributed by atoms with van der Waals surface area (Å²) in [6, 6.07) is 6.15. The van der Waals surface area contributed by atoms with Crippen LogP contribution in [0.1, 0.15) is 17.0 Å². The first-order valence-electron chi connectivity index (χ1n) is 6.88. The van der Waals surface area contributed by atoms with E-state index in [0.717, 1.165) is 24.5 Å². The molecule has 2 aromatic rings. The Morgan fingerprint density at radius 2 is 2.00 bits per heavy atom. The van der Waals surface area contributed by atoms with E-state index in [9.17, 15) is 22.4 Å². The average molecular weight is 354 g/mol. The predicted molar refractivity (Wildman–Crippen MR) is 83.8 cm³/mol. The maximum atomic E-state index is 13.7. The van der Waals surface area contributed by atoms with Gasteiger partial charge in [-0.1, -0.05) is 0 Å². The second kappa shape index (κ2) is 7.26. The van der Waals surface area contributed by atoms with E-state index >= 15 is 0 Å². The molecule has 0 radical (unpaired) electrons. The van der Waals surface area contributed by atoms with Gasteiger partial charge in [0, 0.05) is 19.2 Å². The molecule has 0 saturated heterocycles. The molecule has 128 valence electrons. The minimum Gasteiger partial charge on any atom is -0.459 e. The van der Waals surface area contributed by atoms with Crippen LogP contribution in [-0.4, -0.2) is 33.0 Å². The number of furan rings is 1. The van der Waals surface area contributed by atoms with E-state index in [2.05, 4.69) is 10.6 Å². The highest BCUT2D eigenvalue weighted by atomic mass is 32.2. The van der Waals surface area contributed by atoms with Crippen molar-refractivity contribution in [2.45, 2.75) is 11.3 Å². The maximum Gasteiger partial charge on any atom is 0.286 e. The molecular formula is C15H15FN2O5S. The lowest BCUT2D eigenvalue weighted by Crippen LogP contribution is -2.27. The number of carbonyl (C=O) groups excluding carboxylic acids is 2. The van der Waals surface area contributed by atoms with Crippen LogP contribution in [0.15, 0.2) is 45.9 Å². The van der Waals surface area contributed by atoms with Crippen LogP contribution in [0, 0.1) is 5.82 Å². The third-order valence-corrected chi connectivity index (χ3v) is 4.13. The number of carbonyl (C=O) groups is 2. The zero-order valence-corrected chi connectivity index (χ0v) is 13.5. The summed E-state index contributed by atoms with van der Waals surface area (Å²) in [5.74, 6) is -1.69.